The van der Waals surface area contributed by atoms with Crippen LogP contribution in [0.2, 0.25) is 0 Å². The normalized spacial score (nSPS) is 32.0. The van der Waals surface area contributed by atoms with E-state index in [1.165, 1.54) is 25.3 Å². The highest BCUT2D eigenvalue weighted by atomic mass is 79.9. The minimum absolute atomic E-state index is 0.0387. The first-order valence-electron chi connectivity index (χ1n) is 9.42. The van der Waals surface area contributed by atoms with Crippen molar-refractivity contribution >= 4 is 33.9 Å². The lowest BCUT2D eigenvalue weighted by Crippen LogP contribution is -2.60. The van der Waals surface area contributed by atoms with E-state index in [4.69, 9.17) is 4.74 Å². The van der Waals surface area contributed by atoms with Crippen LogP contribution in [0.25, 0.3) is 6.08 Å². The van der Waals surface area contributed by atoms with Gasteiger partial charge in [0, 0.05) is 16.1 Å². The van der Waals surface area contributed by atoms with Crippen molar-refractivity contribution in [3.63, 3.8) is 0 Å². The fourth-order valence-corrected chi connectivity index (χ4v) is 5.97. The Bertz CT molecular complexity index is 707. The highest BCUT2D eigenvalue weighted by Crippen LogP contribution is 2.55. The Balaban J connectivity index is 1.28. The summed E-state index contributed by atoms with van der Waals surface area (Å²) in [6.07, 6.45) is 10.3. The van der Waals surface area contributed by atoms with E-state index in [-0.39, 0.29) is 18.1 Å². The third kappa shape index (κ3) is 3.88. The second-order valence-electron chi connectivity index (χ2n) is 8.21. The summed E-state index contributed by atoms with van der Waals surface area (Å²) in [4.78, 5) is 24.2. The molecule has 4 fully saturated rings. The molecule has 5 rings (SSSR count). The summed E-state index contributed by atoms with van der Waals surface area (Å²) in [5, 5.41) is 3.22. The van der Waals surface area contributed by atoms with Gasteiger partial charge in [-0.2, -0.15) is 0 Å². The third-order valence-corrected chi connectivity index (χ3v) is 6.81. The third-order valence-electron chi connectivity index (χ3n) is 6.09. The average Bonchev–Trinajstić information content (AvgIpc) is 2.57. The molecule has 0 aromatic heterocycles. The van der Waals surface area contributed by atoms with Crippen LogP contribution in [0.1, 0.15) is 44.1 Å². The molecule has 4 bridgehead atoms. The van der Waals surface area contributed by atoms with Crippen LogP contribution < -0.4 is 5.32 Å². The molecule has 1 N–H and O–H groups in total. The Kier molecular flexibility index (Phi) is 4.91. The number of amides is 1. The van der Waals surface area contributed by atoms with Crippen molar-refractivity contribution in [1.82, 2.24) is 5.32 Å². The molecule has 0 saturated heterocycles. The van der Waals surface area contributed by atoms with E-state index in [0.29, 0.717) is 0 Å². The number of esters is 1. The van der Waals surface area contributed by atoms with Crippen LogP contribution in [0.4, 0.5) is 0 Å². The summed E-state index contributed by atoms with van der Waals surface area (Å²) in [6.45, 7) is -0.207. The monoisotopic (exact) mass is 417 g/mol. The van der Waals surface area contributed by atoms with Gasteiger partial charge >= 0.3 is 5.97 Å². The first-order valence-corrected chi connectivity index (χ1v) is 10.2. The van der Waals surface area contributed by atoms with Crippen molar-refractivity contribution < 1.29 is 14.3 Å². The SMILES string of the molecule is O=C(COC(=O)/C=C/c1ccccc1Br)NC12CC3CC(CC(C3)C1)C2. The van der Waals surface area contributed by atoms with Gasteiger partial charge in [-0.15, -0.1) is 0 Å². The molecular formula is C21H24BrNO3. The van der Waals surface area contributed by atoms with E-state index in [1.54, 1.807) is 6.08 Å². The van der Waals surface area contributed by atoms with E-state index < -0.39 is 5.97 Å². The molecule has 1 aromatic rings. The smallest absolute Gasteiger partial charge is 0.331 e. The van der Waals surface area contributed by atoms with Crippen molar-refractivity contribution in [2.75, 3.05) is 6.61 Å². The van der Waals surface area contributed by atoms with Gasteiger partial charge in [-0.05, 0) is 74.0 Å². The van der Waals surface area contributed by atoms with Crippen LogP contribution in [0.5, 0.6) is 0 Å². The molecule has 4 nitrogen and oxygen atoms in total. The van der Waals surface area contributed by atoms with E-state index in [1.807, 2.05) is 24.3 Å². The van der Waals surface area contributed by atoms with Crippen LogP contribution in [0.15, 0.2) is 34.8 Å². The van der Waals surface area contributed by atoms with Gasteiger partial charge in [0.25, 0.3) is 5.91 Å². The lowest BCUT2D eigenvalue weighted by Gasteiger charge is -2.56. The van der Waals surface area contributed by atoms with E-state index in [0.717, 1.165) is 47.1 Å². The highest BCUT2D eigenvalue weighted by molar-refractivity contribution is 9.10. The number of nitrogens with one attached hydrogen (secondary N) is 1. The molecule has 0 aliphatic heterocycles. The Labute approximate surface area is 162 Å². The Morgan fingerprint density at radius 2 is 1.73 bits per heavy atom. The molecule has 5 heteroatoms. The zero-order chi connectivity index (χ0) is 18.1. The predicted molar refractivity (Wildman–Crippen MR) is 103 cm³/mol. The predicted octanol–water partition coefficient (Wildman–Crippen LogP) is 4.09. The lowest BCUT2D eigenvalue weighted by atomic mass is 9.53. The molecule has 1 aromatic carbocycles. The standard InChI is InChI=1S/C21H24BrNO3/c22-18-4-2-1-3-17(18)5-6-20(25)26-13-19(24)23-21-10-14-7-15(11-21)9-16(8-14)12-21/h1-6,14-16H,7-13H2,(H,23,24)/b6-5+. The molecule has 0 atom stereocenters. The molecule has 0 heterocycles. The van der Waals surface area contributed by atoms with Crippen LogP contribution in [0, 0.1) is 17.8 Å². The van der Waals surface area contributed by atoms with E-state index >= 15 is 0 Å². The van der Waals surface area contributed by atoms with Crippen molar-refractivity contribution in [1.29, 1.82) is 0 Å². The number of benzene rings is 1. The number of halogens is 1. The van der Waals surface area contributed by atoms with Gasteiger partial charge in [-0.3, -0.25) is 4.79 Å². The first kappa shape index (κ1) is 17.8. The molecule has 4 saturated carbocycles. The number of rotatable bonds is 5. The summed E-state index contributed by atoms with van der Waals surface area (Å²) in [7, 11) is 0. The number of hydrogen-bond acceptors (Lipinski definition) is 3. The van der Waals surface area contributed by atoms with Gasteiger partial charge < -0.3 is 10.1 Å². The van der Waals surface area contributed by atoms with Crippen LogP contribution in [-0.2, 0) is 14.3 Å². The topological polar surface area (TPSA) is 55.4 Å². The van der Waals surface area contributed by atoms with Gasteiger partial charge in [0.05, 0.1) is 0 Å². The summed E-state index contributed by atoms with van der Waals surface area (Å²) in [6, 6.07) is 7.61. The number of hydrogen-bond donors (Lipinski definition) is 1. The largest absolute Gasteiger partial charge is 0.452 e. The first-order chi connectivity index (χ1) is 12.5. The van der Waals surface area contributed by atoms with Crippen LogP contribution in [0.3, 0.4) is 0 Å². The maximum atomic E-state index is 12.3. The Hall–Kier alpha value is -1.62. The van der Waals surface area contributed by atoms with E-state index in [2.05, 4.69) is 21.2 Å². The zero-order valence-corrected chi connectivity index (χ0v) is 16.3. The van der Waals surface area contributed by atoms with Crippen molar-refractivity contribution in [2.45, 2.75) is 44.1 Å². The maximum Gasteiger partial charge on any atom is 0.331 e. The summed E-state index contributed by atoms with van der Waals surface area (Å²) >= 11 is 3.43. The molecule has 26 heavy (non-hydrogen) atoms. The van der Waals surface area contributed by atoms with E-state index in [9.17, 15) is 9.59 Å². The highest BCUT2D eigenvalue weighted by Gasteiger charge is 2.51. The molecule has 138 valence electrons. The molecule has 4 aliphatic rings. The van der Waals surface area contributed by atoms with Crippen LogP contribution >= 0.6 is 15.9 Å². The van der Waals surface area contributed by atoms with Gasteiger partial charge in [-0.25, -0.2) is 4.79 Å². The zero-order valence-electron chi connectivity index (χ0n) is 14.7. The minimum Gasteiger partial charge on any atom is -0.452 e. The lowest BCUT2D eigenvalue weighted by molar-refractivity contribution is -0.145. The summed E-state index contributed by atoms with van der Waals surface area (Å²) in [5.41, 5.74) is 0.852. The van der Waals surface area contributed by atoms with Gasteiger partial charge in [0.15, 0.2) is 6.61 Å². The Morgan fingerprint density at radius 3 is 2.35 bits per heavy atom. The molecule has 1 amide bonds. The Morgan fingerprint density at radius 1 is 1.12 bits per heavy atom. The fourth-order valence-electron chi connectivity index (χ4n) is 5.55. The molecule has 0 unspecified atom stereocenters. The minimum atomic E-state index is -0.499. The van der Waals surface area contributed by atoms with Crippen molar-refractivity contribution in [3.05, 3.63) is 40.4 Å². The van der Waals surface area contributed by atoms with Crippen molar-refractivity contribution in [3.8, 4) is 0 Å². The second-order valence-corrected chi connectivity index (χ2v) is 9.06. The number of carbonyl (C=O) groups excluding carboxylic acids is 2. The number of carbonyl (C=O) groups is 2. The van der Waals surface area contributed by atoms with Gasteiger partial charge in [-0.1, -0.05) is 34.1 Å². The molecular weight excluding hydrogens is 394 g/mol. The van der Waals surface area contributed by atoms with Crippen LogP contribution in [-0.4, -0.2) is 24.0 Å². The molecule has 0 radical (unpaired) electrons. The summed E-state index contributed by atoms with van der Waals surface area (Å²) in [5.74, 6) is 1.65. The quantitative estimate of drug-likeness (QED) is 0.579. The molecule has 4 aliphatic carbocycles. The number of ether oxygens (including phenoxy) is 1. The summed E-state index contributed by atoms with van der Waals surface area (Å²) < 4.78 is 6.03. The van der Waals surface area contributed by atoms with Crippen molar-refractivity contribution in [2.24, 2.45) is 17.8 Å². The second kappa shape index (κ2) is 7.18. The average molecular weight is 418 g/mol. The van der Waals surface area contributed by atoms with Gasteiger partial charge in [0.1, 0.15) is 0 Å². The molecule has 0 spiro atoms. The maximum absolute atomic E-state index is 12.3. The van der Waals surface area contributed by atoms with Gasteiger partial charge in [0.2, 0.25) is 0 Å². The fraction of sp³-hybridized carbons (Fsp3) is 0.524.